The van der Waals surface area contributed by atoms with E-state index in [9.17, 15) is 22.8 Å². The van der Waals surface area contributed by atoms with E-state index < -0.39 is 23.7 Å². The summed E-state index contributed by atoms with van der Waals surface area (Å²) in [5.41, 5.74) is 6.27. The summed E-state index contributed by atoms with van der Waals surface area (Å²) in [4.78, 5) is 45.8. The Morgan fingerprint density at radius 3 is 2.68 bits per heavy atom. The third-order valence-corrected chi connectivity index (χ3v) is 8.63. The van der Waals surface area contributed by atoms with Gasteiger partial charge < -0.3 is 4.74 Å². The molecule has 3 aromatic heterocycles. The number of likely N-dealkylation sites (tertiary alicyclic amines) is 2. The molecule has 0 aromatic carbocycles. The molecule has 2 aliphatic heterocycles. The number of carbonyl (C=O) groups is 2. The molecule has 3 N–H and O–H groups in total. The predicted molar refractivity (Wildman–Crippen MR) is 145 cm³/mol. The minimum atomic E-state index is -4.65. The van der Waals surface area contributed by atoms with Gasteiger partial charge in [0.25, 0.3) is 0 Å². The van der Waals surface area contributed by atoms with Crippen molar-refractivity contribution in [3.8, 4) is 17.1 Å². The fourth-order valence-electron chi connectivity index (χ4n) is 4.99. The first-order valence-corrected chi connectivity index (χ1v) is 15.8. The minimum Gasteiger partial charge on any atom is -0.242 e. The van der Waals surface area contributed by atoms with Gasteiger partial charge in [-0.25, -0.2) is 19.9 Å². The van der Waals surface area contributed by atoms with Crippen LogP contribution in [-0.2, 0) is 15.8 Å². The van der Waals surface area contributed by atoms with Crippen molar-refractivity contribution in [2.45, 2.75) is 35.8 Å². The number of methoxy groups -OCH3 is 1. The minimum absolute atomic E-state index is 0.00654. The number of nitrogens with zero attached hydrogens (tertiary/aromatic N) is 6. The number of alkyl halides is 3. The normalized spacial score (nSPS) is 18.3. The van der Waals surface area contributed by atoms with Gasteiger partial charge in [0.1, 0.15) is 17.4 Å². The van der Waals surface area contributed by atoms with Crippen LogP contribution in [0.3, 0.4) is 0 Å². The number of amides is 2. The van der Waals surface area contributed by atoms with Crippen molar-refractivity contribution in [2.24, 2.45) is 11.7 Å². The Kier molecular flexibility index (Phi) is 8.30. The molecule has 5 rings (SSSR count). The molecule has 2 atom stereocenters. The van der Waals surface area contributed by atoms with Crippen LogP contribution < -0.4 is 15.8 Å². The number of nitrogens with two attached hydrogens (primary N) is 1. The largest absolute Gasteiger partial charge is 0.421 e. The Labute approximate surface area is 240 Å². The average Bonchev–Trinajstić information content (AvgIpc) is 3.40. The van der Waals surface area contributed by atoms with E-state index >= 15 is 0 Å². The van der Waals surface area contributed by atoms with Gasteiger partial charge in [-0.3, -0.25) is 0 Å². The number of hydrogen-bond donors (Lipinski definition) is 2. The van der Waals surface area contributed by atoms with E-state index in [0.29, 0.717) is 69.7 Å². The quantitative estimate of drug-likeness (QED) is 0.356. The summed E-state index contributed by atoms with van der Waals surface area (Å²) in [6.07, 6.45) is -1.33. The molecule has 15 heteroatoms. The van der Waals surface area contributed by atoms with Crippen molar-refractivity contribution >= 4 is 43.6 Å². The molecule has 11 nitrogen and oxygen atoms in total. The third-order valence-electron chi connectivity index (χ3n) is 7.17. The molecule has 2 fully saturated rings. The molecule has 0 radical (unpaired) electrons. The van der Waals surface area contributed by atoms with Crippen LogP contribution in [0.15, 0.2) is 30.7 Å². The second kappa shape index (κ2) is 11.7. The Morgan fingerprint density at radius 1 is 1.20 bits per heavy atom. The molecule has 0 aliphatic carbocycles. The van der Waals surface area contributed by atoms with Gasteiger partial charge >= 0.3 is 131 Å². The molecule has 0 spiro atoms. The van der Waals surface area contributed by atoms with Crippen LogP contribution >= 0.6 is 0 Å². The van der Waals surface area contributed by atoms with Gasteiger partial charge in [0.15, 0.2) is 0 Å². The van der Waals surface area contributed by atoms with Crippen LogP contribution in [0.1, 0.15) is 12.0 Å². The van der Waals surface area contributed by atoms with Gasteiger partial charge in [0.05, 0.1) is 18.3 Å². The summed E-state index contributed by atoms with van der Waals surface area (Å²) in [6, 6.07) is 3.57. The molecule has 3 aromatic rings. The van der Waals surface area contributed by atoms with Gasteiger partial charge in [-0.05, 0) is 18.2 Å². The summed E-state index contributed by atoms with van der Waals surface area (Å²) >= 11 is 0.308. The number of anilines is 1. The molecule has 5 heterocycles. The van der Waals surface area contributed by atoms with Gasteiger partial charge in [0.2, 0.25) is 5.88 Å². The number of rotatable bonds is 8. The molecule has 2 saturated heterocycles. The molecule has 0 saturated carbocycles. The maximum Gasteiger partial charge on any atom is 0.421 e. The van der Waals surface area contributed by atoms with Crippen LogP contribution in [0, 0.1) is 5.92 Å². The monoisotopic (exact) mass is 638 g/mol. The van der Waals surface area contributed by atoms with E-state index in [2.05, 4.69) is 25.3 Å². The van der Waals surface area contributed by atoms with Crippen LogP contribution in [-0.4, -0.2) is 102 Å². The summed E-state index contributed by atoms with van der Waals surface area (Å²) in [6.45, 7) is 1.77. The van der Waals surface area contributed by atoms with Crippen LogP contribution in [0.4, 0.5) is 19.0 Å². The number of ether oxygens (including phenoxy) is 1. The SMILES string of the molecule is COc1ncc(-c2ccc3ncnc(N[C@H]4CCN(C(=O)C5CN(C(=O)C(N)C[Se]C)C5)C4)c3n2)cc1C(F)(F)F. The Bertz CT molecular complexity index is 1450. The van der Waals surface area contributed by atoms with Crippen molar-refractivity contribution in [3.63, 3.8) is 0 Å². The maximum absolute atomic E-state index is 13.5. The zero-order valence-corrected chi connectivity index (χ0v) is 24.1. The number of aromatic nitrogens is 4. The van der Waals surface area contributed by atoms with Gasteiger partial charge in [0, 0.05) is 11.8 Å². The Balaban J connectivity index is 1.27. The smallest absolute Gasteiger partial charge is 0.242 e. The van der Waals surface area contributed by atoms with Gasteiger partial charge in [-0.2, -0.15) is 13.2 Å². The van der Waals surface area contributed by atoms with Crippen molar-refractivity contribution in [3.05, 3.63) is 36.3 Å². The number of pyridine rings is 2. The number of halogens is 3. The first kappa shape index (κ1) is 29.0. The number of carbonyl (C=O) groups excluding carboxylic acids is 2. The third kappa shape index (κ3) is 6.07. The maximum atomic E-state index is 13.5. The van der Waals surface area contributed by atoms with E-state index in [0.717, 1.165) is 13.2 Å². The number of hydrogen-bond acceptors (Lipinski definition) is 9. The van der Waals surface area contributed by atoms with E-state index in [1.807, 2.05) is 5.82 Å². The summed E-state index contributed by atoms with van der Waals surface area (Å²) in [5.74, 6) is 1.61. The fourth-order valence-corrected chi connectivity index (χ4v) is 6.05. The molecule has 1 unspecified atom stereocenters. The van der Waals surface area contributed by atoms with E-state index in [1.54, 1.807) is 21.9 Å². The fraction of sp³-hybridized carbons (Fsp3) is 0.462. The topological polar surface area (TPSA) is 139 Å². The molecule has 2 amide bonds. The first-order valence-electron chi connectivity index (χ1n) is 12.9. The van der Waals surface area contributed by atoms with E-state index in [-0.39, 0.29) is 35.0 Å². The number of fused-ring (bicyclic) bond motifs is 1. The first-order chi connectivity index (χ1) is 19.6. The molecule has 2 aliphatic rings. The van der Waals surface area contributed by atoms with Crippen molar-refractivity contribution in [1.29, 1.82) is 0 Å². The van der Waals surface area contributed by atoms with E-state index in [1.165, 1.54) is 12.5 Å². The van der Waals surface area contributed by atoms with Crippen LogP contribution in [0.2, 0.25) is 11.1 Å². The molecule has 41 heavy (non-hydrogen) atoms. The molecular weight excluding hydrogens is 608 g/mol. The summed E-state index contributed by atoms with van der Waals surface area (Å²) in [7, 11) is 1.13. The zero-order valence-electron chi connectivity index (χ0n) is 22.4. The van der Waals surface area contributed by atoms with Crippen molar-refractivity contribution < 1.29 is 27.5 Å². The second-order valence-electron chi connectivity index (χ2n) is 9.98. The van der Waals surface area contributed by atoms with Crippen LogP contribution in [0.25, 0.3) is 22.3 Å². The van der Waals surface area contributed by atoms with Gasteiger partial charge in [-0.15, -0.1) is 0 Å². The number of nitrogens with one attached hydrogen (secondary N) is 1. The Morgan fingerprint density at radius 2 is 1.98 bits per heavy atom. The standard InChI is InChI=1S/C26H29F3N8O3Se/c1-40-23-17(26(27,28)29)7-14(8-31-23)19-3-4-20-21(35-19)22(33-13-32-20)34-16-5-6-36(11-16)24(38)15-9-37(10-15)25(39)18(30)12-41-2/h3-4,7-8,13,15-16,18H,5-6,9-12,30H2,1-2H3,(H,32,33,34)/t16-,18?/m0/s1. The molecule has 0 bridgehead atoms. The zero-order chi connectivity index (χ0) is 29.3. The summed E-state index contributed by atoms with van der Waals surface area (Å²) in [5, 5.41) is 4.01. The van der Waals surface area contributed by atoms with E-state index in [4.69, 9.17) is 10.5 Å². The van der Waals surface area contributed by atoms with Crippen molar-refractivity contribution in [1.82, 2.24) is 29.7 Å². The molecular formula is C26H29F3N8O3Se. The Hall–Kier alpha value is -3.55. The van der Waals surface area contributed by atoms with Gasteiger partial charge in [-0.1, -0.05) is 0 Å². The average molecular weight is 638 g/mol. The van der Waals surface area contributed by atoms with Crippen molar-refractivity contribution in [2.75, 3.05) is 38.6 Å². The predicted octanol–water partition coefficient (Wildman–Crippen LogP) is 2.08. The summed E-state index contributed by atoms with van der Waals surface area (Å²) < 4.78 is 45.4. The molecule has 218 valence electrons. The second-order valence-corrected chi connectivity index (χ2v) is 11.9. The van der Waals surface area contributed by atoms with Crippen LogP contribution in [0.5, 0.6) is 5.88 Å².